The van der Waals surface area contributed by atoms with Crippen LogP contribution in [-0.4, -0.2) is 31.1 Å². The summed E-state index contributed by atoms with van der Waals surface area (Å²) in [6, 6.07) is 5.76. The van der Waals surface area contributed by atoms with Crippen LogP contribution in [0.3, 0.4) is 0 Å². The molecular weight excluding hydrogens is 277 g/mol. The minimum atomic E-state index is -4.27. The molecule has 1 atom stereocenters. The van der Waals surface area contributed by atoms with Crippen molar-refractivity contribution in [2.75, 3.05) is 26.2 Å². The van der Waals surface area contributed by atoms with E-state index >= 15 is 0 Å². The zero-order chi connectivity index (χ0) is 15.7. The number of nitrogens with one attached hydrogen (secondary N) is 1. The molecule has 0 unspecified atom stereocenters. The Bertz CT molecular complexity index is 454. The smallest absolute Gasteiger partial charge is 0.314 e. The molecule has 1 saturated heterocycles. The minimum Gasteiger partial charge on any atom is -0.314 e. The van der Waals surface area contributed by atoms with Crippen molar-refractivity contribution in [2.24, 2.45) is 5.41 Å². The van der Waals surface area contributed by atoms with Gasteiger partial charge in [0.05, 0.1) is 5.56 Å². The average molecular weight is 300 g/mol. The van der Waals surface area contributed by atoms with Gasteiger partial charge in [-0.25, -0.2) is 0 Å². The maximum Gasteiger partial charge on any atom is 0.416 e. The van der Waals surface area contributed by atoms with Gasteiger partial charge in [0.2, 0.25) is 0 Å². The van der Waals surface area contributed by atoms with E-state index in [0.717, 1.165) is 31.7 Å². The van der Waals surface area contributed by atoms with Crippen LogP contribution >= 0.6 is 0 Å². The highest BCUT2D eigenvalue weighted by Gasteiger charge is 2.34. The van der Waals surface area contributed by atoms with Gasteiger partial charge < -0.3 is 5.32 Å². The van der Waals surface area contributed by atoms with Gasteiger partial charge in [-0.05, 0) is 23.1 Å². The van der Waals surface area contributed by atoms with Crippen molar-refractivity contribution in [2.45, 2.75) is 33.0 Å². The Morgan fingerprint density at radius 1 is 1.00 bits per heavy atom. The van der Waals surface area contributed by atoms with E-state index in [9.17, 15) is 13.2 Å². The first-order valence-electron chi connectivity index (χ1n) is 7.31. The average Bonchev–Trinajstić information content (AvgIpc) is 2.38. The van der Waals surface area contributed by atoms with Crippen molar-refractivity contribution in [3.63, 3.8) is 0 Å². The Hall–Kier alpha value is -1.07. The fraction of sp³-hybridized carbons (Fsp3) is 0.625. The molecule has 1 fully saturated rings. The lowest BCUT2D eigenvalue weighted by molar-refractivity contribution is -0.137. The topological polar surface area (TPSA) is 15.3 Å². The summed E-state index contributed by atoms with van der Waals surface area (Å²) in [4.78, 5) is 2.36. The molecule has 0 aromatic heterocycles. The summed E-state index contributed by atoms with van der Waals surface area (Å²) in [5.41, 5.74) is 0.341. The third-order valence-corrected chi connectivity index (χ3v) is 3.89. The highest BCUT2D eigenvalue weighted by atomic mass is 19.4. The first-order chi connectivity index (χ1) is 9.69. The fourth-order valence-electron chi connectivity index (χ4n) is 3.05. The third-order valence-electron chi connectivity index (χ3n) is 3.89. The molecule has 1 aromatic rings. The molecule has 0 saturated carbocycles. The van der Waals surface area contributed by atoms with Crippen LogP contribution in [0.1, 0.15) is 37.9 Å². The van der Waals surface area contributed by atoms with E-state index in [1.54, 1.807) is 12.1 Å². The molecule has 0 spiro atoms. The van der Waals surface area contributed by atoms with E-state index < -0.39 is 11.7 Å². The molecule has 0 amide bonds. The largest absolute Gasteiger partial charge is 0.416 e. The first kappa shape index (κ1) is 16.3. The van der Waals surface area contributed by atoms with Crippen LogP contribution in [0.5, 0.6) is 0 Å². The van der Waals surface area contributed by atoms with E-state index in [1.165, 1.54) is 12.1 Å². The predicted octanol–water partition coefficient (Wildman–Crippen LogP) is 3.70. The third kappa shape index (κ3) is 3.98. The summed E-state index contributed by atoms with van der Waals surface area (Å²) in [7, 11) is 0. The second-order valence-corrected chi connectivity index (χ2v) is 6.67. The molecule has 2 rings (SSSR count). The van der Waals surface area contributed by atoms with Gasteiger partial charge in [0.25, 0.3) is 0 Å². The standard InChI is InChI=1S/C16H23F3N2/c1-15(2,3)14(21-10-8-20-9-11-21)12-4-6-13(7-5-12)16(17,18)19/h4-7,14,20H,8-11H2,1-3H3/t14-/m1/s1. The quantitative estimate of drug-likeness (QED) is 0.896. The SMILES string of the molecule is CC(C)(C)[C@@H](c1ccc(C(F)(F)F)cc1)N1CCNCC1. The van der Waals surface area contributed by atoms with Gasteiger partial charge in [-0.3, -0.25) is 4.90 Å². The summed E-state index contributed by atoms with van der Waals surface area (Å²) in [5.74, 6) is 0. The number of benzene rings is 1. The molecule has 1 heterocycles. The van der Waals surface area contributed by atoms with Gasteiger partial charge in [0, 0.05) is 32.2 Å². The maximum absolute atomic E-state index is 12.7. The van der Waals surface area contributed by atoms with Crippen molar-refractivity contribution >= 4 is 0 Å². The number of hydrogen-bond acceptors (Lipinski definition) is 2. The molecule has 2 nitrogen and oxygen atoms in total. The highest BCUT2D eigenvalue weighted by Crippen LogP contribution is 2.39. The summed E-state index contributed by atoms with van der Waals surface area (Å²) in [6.45, 7) is 10.1. The number of piperazine rings is 1. The van der Waals surface area contributed by atoms with Crippen molar-refractivity contribution < 1.29 is 13.2 Å². The second-order valence-electron chi connectivity index (χ2n) is 6.67. The number of halogens is 3. The Kier molecular flexibility index (Phi) is 4.63. The lowest BCUT2D eigenvalue weighted by atomic mass is 9.80. The van der Waals surface area contributed by atoms with Gasteiger partial charge in [-0.15, -0.1) is 0 Å². The molecule has 21 heavy (non-hydrogen) atoms. The van der Waals surface area contributed by atoms with Crippen LogP contribution in [0, 0.1) is 5.41 Å². The summed E-state index contributed by atoms with van der Waals surface area (Å²) in [5, 5.41) is 3.31. The Balaban J connectivity index is 2.29. The molecule has 1 aromatic carbocycles. The maximum atomic E-state index is 12.7. The van der Waals surface area contributed by atoms with Crippen molar-refractivity contribution in [3.8, 4) is 0 Å². The van der Waals surface area contributed by atoms with Crippen LogP contribution in [0.15, 0.2) is 24.3 Å². The molecule has 118 valence electrons. The Morgan fingerprint density at radius 2 is 1.52 bits per heavy atom. The van der Waals surface area contributed by atoms with Crippen LogP contribution < -0.4 is 5.32 Å². The van der Waals surface area contributed by atoms with Crippen LogP contribution in [0.2, 0.25) is 0 Å². The van der Waals surface area contributed by atoms with E-state index in [4.69, 9.17) is 0 Å². The van der Waals surface area contributed by atoms with Crippen molar-refractivity contribution in [1.29, 1.82) is 0 Å². The normalized spacial score (nSPS) is 19.5. The molecule has 0 aliphatic carbocycles. The fourth-order valence-corrected chi connectivity index (χ4v) is 3.05. The van der Waals surface area contributed by atoms with E-state index in [1.807, 2.05) is 0 Å². The van der Waals surface area contributed by atoms with E-state index in [-0.39, 0.29) is 11.5 Å². The van der Waals surface area contributed by atoms with Gasteiger partial charge in [-0.2, -0.15) is 13.2 Å². The van der Waals surface area contributed by atoms with Crippen LogP contribution in [0.4, 0.5) is 13.2 Å². The lowest BCUT2D eigenvalue weighted by Crippen LogP contribution is -2.48. The number of rotatable bonds is 2. The molecule has 0 radical (unpaired) electrons. The second kappa shape index (κ2) is 5.97. The van der Waals surface area contributed by atoms with Gasteiger partial charge in [-0.1, -0.05) is 32.9 Å². The zero-order valence-corrected chi connectivity index (χ0v) is 12.8. The van der Waals surface area contributed by atoms with E-state index in [2.05, 4.69) is 31.0 Å². The molecule has 1 aliphatic rings. The van der Waals surface area contributed by atoms with Gasteiger partial charge >= 0.3 is 6.18 Å². The van der Waals surface area contributed by atoms with Crippen LogP contribution in [0.25, 0.3) is 0 Å². The summed E-state index contributed by atoms with van der Waals surface area (Å²) in [6.07, 6.45) is -4.27. The lowest BCUT2D eigenvalue weighted by Gasteiger charge is -2.42. The molecule has 0 bridgehead atoms. The molecule has 1 N–H and O–H groups in total. The molecular formula is C16H23F3N2. The molecule has 1 aliphatic heterocycles. The molecule has 5 heteroatoms. The van der Waals surface area contributed by atoms with Crippen molar-refractivity contribution in [1.82, 2.24) is 10.2 Å². The minimum absolute atomic E-state index is 0.0307. The highest BCUT2D eigenvalue weighted by molar-refractivity contribution is 5.28. The Morgan fingerprint density at radius 3 is 1.95 bits per heavy atom. The number of hydrogen-bond donors (Lipinski definition) is 1. The number of nitrogens with zero attached hydrogens (tertiary/aromatic N) is 1. The van der Waals surface area contributed by atoms with Crippen molar-refractivity contribution in [3.05, 3.63) is 35.4 Å². The van der Waals surface area contributed by atoms with E-state index in [0.29, 0.717) is 0 Å². The summed E-state index contributed by atoms with van der Waals surface area (Å²) >= 11 is 0. The first-order valence-corrected chi connectivity index (χ1v) is 7.31. The zero-order valence-electron chi connectivity index (χ0n) is 12.8. The Labute approximate surface area is 124 Å². The monoisotopic (exact) mass is 300 g/mol. The van der Waals surface area contributed by atoms with Gasteiger partial charge in [0.1, 0.15) is 0 Å². The predicted molar refractivity (Wildman–Crippen MR) is 78.1 cm³/mol. The summed E-state index contributed by atoms with van der Waals surface area (Å²) < 4.78 is 38.1. The van der Waals surface area contributed by atoms with Gasteiger partial charge in [0.15, 0.2) is 0 Å². The number of alkyl halides is 3. The van der Waals surface area contributed by atoms with Crippen LogP contribution in [-0.2, 0) is 6.18 Å².